The van der Waals surface area contributed by atoms with Crippen molar-refractivity contribution in [2.45, 2.75) is 31.4 Å². The monoisotopic (exact) mass is 209 g/mol. The molecule has 1 aliphatic carbocycles. The number of nitrogens with two attached hydrogens (primary N) is 1. The number of carbonyl (C=O) groups is 1. The summed E-state index contributed by atoms with van der Waals surface area (Å²) in [7, 11) is 1.34. The third kappa shape index (κ3) is 3.14. The molecular weight excluding hydrogens is 194 g/mol. The van der Waals surface area contributed by atoms with Crippen LogP contribution in [-0.4, -0.2) is 30.3 Å². The second-order valence-corrected chi connectivity index (χ2v) is 3.27. The number of esters is 1. The molecule has 1 fully saturated rings. The van der Waals surface area contributed by atoms with E-state index >= 15 is 0 Å². The van der Waals surface area contributed by atoms with Gasteiger partial charge in [-0.2, -0.15) is 0 Å². The molecule has 0 aromatic carbocycles. The lowest BCUT2D eigenvalue weighted by Gasteiger charge is -2.29. The van der Waals surface area contributed by atoms with E-state index < -0.39 is 6.10 Å². The van der Waals surface area contributed by atoms with Crippen molar-refractivity contribution >= 4 is 18.4 Å². The molecule has 1 rings (SSSR count). The first-order chi connectivity index (χ1) is 5.65. The summed E-state index contributed by atoms with van der Waals surface area (Å²) in [5, 5.41) is 9.46. The lowest BCUT2D eigenvalue weighted by Crippen LogP contribution is -2.40. The van der Waals surface area contributed by atoms with Crippen LogP contribution in [0, 0.1) is 5.92 Å². The van der Waals surface area contributed by atoms with Crippen molar-refractivity contribution in [3.8, 4) is 0 Å². The van der Waals surface area contributed by atoms with Crippen LogP contribution in [0.2, 0.25) is 0 Å². The fraction of sp³-hybridized carbons (Fsp3) is 0.875. The van der Waals surface area contributed by atoms with Crippen molar-refractivity contribution in [1.82, 2.24) is 0 Å². The molecule has 0 aromatic heterocycles. The average Bonchev–Trinajstić information content (AvgIpc) is 2.03. The molecule has 0 amide bonds. The summed E-state index contributed by atoms with van der Waals surface area (Å²) in [5.41, 5.74) is 5.62. The number of aliphatic hydroxyl groups is 1. The Bertz CT molecular complexity index is 177. The van der Waals surface area contributed by atoms with Gasteiger partial charge in [-0.05, 0) is 19.3 Å². The van der Waals surface area contributed by atoms with Gasteiger partial charge in [-0.3, -0.25) is 4.79 Å². The van der Waals surface area contributed by atoms with Crippen LogP contribution in [0.5, 0.6) is 0 Å². The molecule has 4 nitrogen and oxygen atoms in total. The minimum atomic E-state index is -0.624. The number of ether oxygens (including phenoxy) is 1. The van der Waals surface area contributed by atoms with E-state index in [9.17, 15) is 9.90 Å². The molecule has 0 radical (unpaired) electrons. The summed E-state index contributed by atoms with van der Waals surface area (Å²) < 4.78 is 4.56. The number of halogens is 1. The minimum absolute atomic E-state index is 0. The third-order valence-corrected chi connectivity index (χ3v) is 2.36. The summed E-state index contributed by atoms with van der Waals surface area (Å²) in [5.74, 6) is -0.691. The number of carbonyl (C=O) groups excluding carboxylic acids is 1. The first kappa shape index (κ1) is 12.7. The highest BCUT2D eigenvalue weighted by atomic mass is 35.5. The van der Waals surface area contributed by atoms with E-state index in [-0.39, 0.29) is 30.3 Å². The van der Waals surface area contributed by atoms with Crippen LogP contribution >= 0.6 is 12.4 Å². The van der Waals surface area contributed by atoms with E-state index in [0.29, 0.717) is 12.8 Å². The van der Waals surface area contributed by atoms with Crippen molar-refractivity contribution in [2.75, 3.05) is 7.11 Å². The summed E-state index contributed by atoms with van der Waals surface area (Å²) in [6, 6.07) is 0.0286. The van der Waals surface area contributed by atoms with Crippen molar-refractivity contribution in [3.63, 3.8) is 0 Å². The van der Waals surface area contributed by atoms with Gasteiger partial charge in [0, 0.05) is 6.04 Å². The Morgan fingerprint density at radius 2 is 2.15 bits per heavy atom. The molecular formula is C8H16ClNO3. The molecule has 0 bridgehead atoms. The molecule has 3 atom stereocenters. The SMILES string of the molecule is COC(=O)C1CCC(N)CC1O.Cl. The van der Waals surface area contributed by atoms with Crippen LogP contribution in [0.1, 0.15) is 19.3 Å². The van der Waals surface area contributed by atoms with Crippen molar-refractivity contribution < 1.29 is 14.6 Å². The molecule has 1 aliphatic rings. The van der Waals surface area contributed by atoms with Gasteiger partial charge in [-0.15, -0.1) is 12.4 Å². The van der Waals surface area contributed by atoms with Crippen LogP contribution < -0.4 is 5.73 Å². The summed E-state index contributed by atoms with van der Waals surface area (Å²) in [6.07, 6.45) is 1.30. The maximum atomic E-state index is 11.1. The van der Waals surface area contributed by atoms with E-state index in [1.165, 1.54) is 7.11 Å². The number of aliphatic hydroxyl groups excluding tert-OH is 1. The number of rotatable bonds is 1. The van der Waals surface area contributed by atoms with E-state index in [1.54, 1.807) is 0 Å². The highest BCUT2D eigenvalue weighted by Gasteiger charge is 2.33. The molecule has 3 N–H and O–H groups in total. The van der Waals surface area contributed by atoms with Crippen LogP contribution in [-0.2, 0) is 9.53 Å². The number of hydrogen-bond acceptors (Lipinski definition) is 4. The predicted octanol–water partition coefficient (Wildman–Crippen LogP) is 0.0695. The highest BCUT2D eigenvalue weighted by molar-refractivity contribution is 5.85. The molecule has 0 heterocycles. The van der Waals surface area contributed by atoms with Gasteiger partial charge in [0.1, 0.15) is 0 Å². The Morgan fingerprint density at radius 1 is 1.54 bits per heavy atom. The molecule has 0 spiro atoms. The van der Waals surface area contributed by atoms with Crippen LogP contribution in [0.15, 0.2) is 0 Å². The standard InChI is InChI=1S/C8H15NO3.ClH/c1-12-8(11)6-3-2-5(9)4-7(6)10;/h5-7,10H,2-4,9H2,1H3;1H. The molecule has 78 valence electrons. The van der Waals surface area contributed by atoms with Crippen LogP contribution in [0.3, 0.4) is 0 Å². The van der Waals surface area contributed by atoms with E-state index in [1.807, 2.05) is 0 Å². The normalized spacial score (nSPS) is 33.3. The maximum Gasteiger partial charge on any atom is 0.311 e. The molecule has 5 heteroatoms. The predicted molar refractivity (Wildman–Crippen MR) is 50.6 cm³/mol. The lowest BCUT2D eigenvalue weighted by molar-refractivity contribution is -0.151. The maximum absolute atomic E-state index is 11.1. The van der Waals surface area contributed by atoms with Gasteiger partial charge in [0.15, 0.2) is 0 Å². The first-order valence-corrected chi connectivity index (χ1v) is 4.16. The molecule has 0 saturated heterocycles. The molecule has 1 saturated carbocycles. The second kappa shape index (κ2) is 5.42. The third-order valence-electron chi connectivity index (χ3n) is 2.36. The zero-order valence-corrected chi connectivity index (χ0v) is 8.42. The Balaban J connectivity index is 0.00000144. The first-order valence-electron chi connectivity index (χ1n) is 4.16. The van der Waals surface area contributed by atoms with Crippen LogP contribution in [0.25, 0.3) is 0 Å². The fourth-order valence-electron chi connectivity index (χ4n) is 1.60. The van der Waals surface area contributed by atoms with Crippen LogP contribution in [0.4, 0.5) is 0 Å². The zero-order valence-electron chi connectivity index (χ0n) is 7.60. The van der Waals surface area contributed by atoms with Gasteiger partial charge in [0.05, 0.1) is 19.1 Å². The van der Waals surface area contributed by atoms with Gasteiger partial charge >= 0.3 is 5.97 Å². The minimum Gasteiger partial charge on any atom is -0.469 e. The lowest BCUT2D eigenvalue weighted by atomic mass is 9.84. The fourth-order valence-corrected chi connectivity index (χ4v) is 1.60. The van der Waals surface area contributed by atoms with Gasteiger partial charge in [-0.25, -0.2) is 0 Å². The number of hydrogen-bond donors (Lipinski definition) is 2. The largest absolute Gasteiger partial charge is 0.469 e. The Morgan fingerprint density at radius 3 is 2.62 bits per heavy atom. The van der Waals surface area contributed by atoms with Gasteiger partial charge in [-0.1, -0.05) is 0 Å². The summed E-state index contributed by atoms with van der Waals surface area (Å²) in [4.78, 5) is 11.1. The van der Waals surface area contributed by atoms with Gasteiger partial charge in [0.2, 0.25) is 0 Å². The Labute approximate surface area is 83.9 Å². The Hall–Kier alpha value is -0.320. The molecule has 0 aliphatic heterocycles. The molecule has 3 unspecified atom stereocenters. The van der Waals surface area contributed by atoms with Crippen molar-refractivity contribution in [3.05, 3.63) is 0 Å². The Kier molecular flexibility index (Phi) is 5.29. The summed E-state index contributed by atoms with van der Waals surface area (Å²) >= 11 is 0. The van der Waals surface area contributed by atoms with Crippen molar-refractivity contribution in [2.24, 2.45) is 11.7 Å². The van der Waals surface area contributed by atoms with Gasteiger partial charge in [0.25, 0.3) is 0 Å². The van der Waals surface area contributed by atoms with Crippen molar-refractivity contribution in [1.29, 1.82) is 0 Å². The highest BCUT2D eigenvalue weighted by Crippen LogP contribution is 2.24. The van der Waals surface area contributed by atoms with E-state index in [2.05, 4.69) is 4.74 Å². The van der Waals surface area contributed by atoms with E-state index in [0.717, 1.165) is 6.42 Å². The molecule has 0 aromatic rings. The smallest absolute Gasteiger partial charge is 0.311 e. The van der Waals surface area contributed by atoms with Gasteiger partial charge < -0.3 is 15.6 Å². The van der Waals surface area contributed by atoms with E-state index in [4.69, 9.17) is 5.73 Å². The number of methoxy groups -OCH3 is 1. The molecule has 13 heavy (non-hydrogen) atoms. The average molecular weight is 210 g/mol. The summed E-state index contributed by atoms with van der Waals surface area (Å²) in [6.45, 7) is 0. The topological polar surface area (TPSA) is 72.5 Å². The second-order valence-electron chi connectivity index (χ2n) is 3.27. The quantitative estimate of drug-likeness (QED) is 0.600. The zero-order chi connectivity index (χ0) is 9.14.